The molecule has 0 saturated heterocycles. The Labute approximate surface area is 150 Å². The zero-order chi connectivity index (χ0) is 17.2. The van der Waals surface area contributed by atoms with E-state index in [0.29, 0.717) is 17.0 Å². The fourth-order valence-corrected chi connectivity index (χ4v) is 4.50. The molecule has 0 spiro atoms. The number of ether oxygens (including phenoxy) is 1. The van der Waals surface area contributed by atoms with Gasteiger partial charge in [-0.25, -0.2) is 0 Å². The first kappa shape index (κ1) is 16.1. The number of benzene rings is 1. The summed E-state index contributed by atoms with van der Waals surface area (Å²) in [4.78, 5) is 26.6. The van der Waals surface area contributed by atoms with Crippen LogP contribution in [0.5, 0.6) is 5.75 Å². The van der Waals surface area contributed by atoms with Crippen molar-refractivity contribution in [3.8, 4) is 5.75 Å². The van der Waals surface area contributed by atoms with E-state index in [1.807, 2.05) is 12.1 Å². The first-order chi connectivity index (χ1) is 12.2. The summed E-state index contributed by atoms with van der Waals surface area (Å²) in [6.45, 7) is 0.653. The van der Waals surface area contributed by atoms with Crippen LogP contribution in [0.4, 0.5) is 0 Å². The highest BCUT2D eigenvalue weighted by atomic mass is 32.1. The quantitative estimate of drug-likeness (QED) is 0.642. The summed E-state index contributed by atoms with van der Waals surface area (Å²) in [6.07, 6.45) is 6.53. The van der Waals surface area contributed by atoms with Gasteiger partial charge >= 0.3 is 0 Å². The summed E-state index contributed by atoms with van der Waals surface area (Å²) in [6, 6.07) is 7.30. The van der Waals surface area contributed by atoms with Crippen LogP contribution in [0, 0.1) is 0 Å². The normalized spacial score (nSPS) is 15.5. The smallest absolute Gasteiger partial charge is 0.279 e. The average Bonchev–Trinajstić information content (AvgIpc) is 3.20. The molecule has 0 radical (unpaired) electrons. The molecular formula is C19H20N2O3S. The number of aryl methyl sites for hydroxylation is 2. The SMILES string of the molecule is O=C(NNC(=O)c1cc2c(s1)CCCCC2)c1ccc2c(c1)CCO2. The van der Waals surface area contributed by atoms with Crippen molar-refractivity contribution in [1.82, 2.24) is 10.9 Å². The fourth-order valence-electron chi connectivity index (χ4n) is 3.35. The van der Waals surface area contributed by atoms with Crippen molar-refractivity contribution in [2.45, 2.75) is 38.5 Å². The predicted molar refractivity (Wildman–Crippen MR) is 96.2 cm³/mol. The van der Waals surface area contributed by atoms with Crippen LogP contribution < -0.4 is 15.6 Å². The molecule has 4 rings (SSSR count). The van der Waals surface area contributed by atoms with E-state index in [1.54, 1.807) is 23.5 Å². The Morgan fingerprint density at radius 2 is 1.76 bits per heavy atom. The molecular weight excluding hydrogens is 336 g/mol. The highest BCUT2D eigenvalue weighted by Crippen LogP contribution is 2.29. The van der Waals surface area contributed by atoms with Gasteiger partial charge in [-0.05, 0) is 61.1 Å². The number of hydrogen-bond acceptors (Lipinski definition) is 4. The molecule has 1 aliphatic carbocycles. The van der Waals surface area contributed by atoms with Crippen LogP contribution in [0.3, 0.4) is 0 Å². The minimum Gasteiger partial charge on any atom is -0.493 e. The number of amides is 2. The van der Waals surface area contributed by atoms with Gasteiger partial charge in [-0.2, -0.15) is 0 Å². The summed E-state index contributed by atoms with van der Waals surface area (Å²) in [5.41, 5.74) is 7.88. The molecule has 2 amide bonds. The third kappa shape index (κ3) is 3.39. The van der Waals surface area contributed by atoms with E-state index in [0.717, 1.165) is 30.6 Å². The molecule has 2 aromatic rings. The van der Waals surface area contributed by atoms with Gasteiger partial charge in [-0.15, -0.1) is 11.3 Å². The summed E-state index contributed by atoms with van der Waals surface area (Å²) in [5.74, 6) is 0.262. The van der Waals surface area contributed by atoms with Crippen molar-refractivity contribution in [3.05, 3.63) is 50.7 Å². The molecule has 2 aliphatic rings. The second-order valence-electron chi connectivity index (χ2n) is 6.45. The van der Waals surface area contributed by atoms with Crippen molar-refractivity contribution in [1.29, 1.82) is 0 Å². The van der Waals surface area contributed by atoms with Crippen LogP contribution >= 0.6 is 11.3 Å². The molecule has 0 bridgehead atoms. The average molecular weight is 356 g/mol. The maximum atomic E-state index is 12.3. The third-order valence-electron chi connectivity index (χ3n) is 4.71. The summed E-state index contributed by atoms with van der Waals surface area (Å²) in [5, 5.41) is 0. The number of nitrogens with one attached hydrogen (secondary N) is 2. The number of fused-ring (bicyclic) bond motifs is 2. The van der Waals surface area contributed by atoms with Gasteiger partial charge in [0.15, 0.2) is 0 Å². The number of carbonyl (C=O) groups excluding carboxylic acids is 2. The Morgan fingerprint density at radius 1 is 0.920 bits per heavy atom. The summed E-state index contributed by atoms with van der Waals surface area (Å²) >= 11 is 1.54. The van der Waals surface area contributed by atoms with E-state index in [1.165, 1.54) is 29.7 Å². The Hall–Kier alpha value is -2.34. The van der Waals surface area contributed by atoms with Gasteiger partial charge in [-0.3, -0.25) is 20.4 Å². The molecule has 25 heavy (non-hydrogen) atoms. The third-order valence-corrected chi connectivity index (χ3v) is 5.95. The van der Waals surface area contributed by atoms with Gasteiger partial charge in [0, 0.05) is 16.9 Å². The molecule has 0 atom stereocenters. The first-order valence-electron chi connectivity index (χ1n) is 8.69. The first-order valence-corrected chi connectivity index (χ1v) is 9.50. The van der Waals surface area contributed by atoms with E-state index in [9.17, 15) is 9.59 Å². The lowest BCUT2D eigenvalue weighted by molar-refractivity contribution is 0.0849. The van der Waals surface area contributed by atoms with E-state index >= 15 is 0 Å². The van der Waals surface area contributed by atoms with Crippen molar-refractivity contribution in [3.63, 3.8) is 0 Å². The van der Waals surface area contributed by atoms with E-state index in [4.69, 9.17) is 4.74 Å². The van der Waals surface area contributed by atoms with Gasteiger partial charge < -0.3 is 4.74 Å². The maximum absolute atomic E-state index is 12.3. The van der Waals surface area contributed by atoms with Crippen LogP contribution in [-0.4, -0.2) is 18.4 Å². The highest BCUT2D eigenvalue weighted by Gasteiger charge is 2.18. The molecule has 1 aliphatic heterocycles. The Balaban J connectivity index is 1.39. The molecule has 5 nitrogen and oxygen atoms in total. The van der Waals surface area contributed by atoms with Crippen molar-refractivity contribution in [2.75, 3.05) is 6.61 Å². The predicted octanol–water partition coefficient (Wildman–Crippen LogP) is 3.03. The minimum absolute atomic E-state index is 0.254. The van der Waals surface area contributed by atoms with Gasteiger partial charge in [0.05, 0.1) is 11.5 Å². The Bertz CT molecular complexity index is 805. The maximum Gasteiger partial charge on any atom is 0.279 e. The Morgan fingerprint density at radius 3 is 2.68 bits per heavy atom. The number of carbonyl (C=O) groups is 2. The second-order valence-corrected chi connectivity index (χ2v) is 7.59. The largest absolute Gasteiger partial charge is 0.493 e. The fraction of sp³-hybridized carbons (Fsp3) is 0.368. The molecule has 2 N–H and O–H groups in total. The Kier molecular flexibility index (Phi) is 4.44. The van der Waals surface area contributed by atoms with Gasteiger partial charge in [-0.1, -0.05) is 6.42 Å². The molecule has 1 aromatic heterocycles. The number of hydrazine groups is 1. The zero-order valence-corrected chi connectivity index (χ0v) is 14.7. The van der Waals surface area contributed by atoms with Gasteiger partial charge in [0.25, 0.3) is 11.8 Å². The molecule has 6 heteroatoms. The van der Waals surface area contributed by atoms with E-state index < -0.39 is 0 Å². The molecule has 1 aromatic carbocycles. The van der Waals surface area contributed by atoms with Crippen LogP contribution in [0.25, 0.3) is 0 Å². The number of hydrogen-bond donors (Lipinski definition) is 2. The molecule has 130 valence electrons. The van der Waals surface area contributed by atoms with Gasteiger partial charge in [0.1, 0.15) is 5.75 Å². The van der Waals surface area contributed by atoms with Gasteiger partial charge in [0.2, 0.25) is 0 Å². The summed E-state index contributed by atoms with van der Waals surface area (Å²) in [7, 11) is 0. The monoisotopic (exact) mass is 356 g/mol. The van der Waals surface area contributed by atoms with Crippen molar-refractivity contribution >= 4 is 23.2 Å². The van der Waals surface area contributed by atoms with Crippen molar-refractivity contribution in [2.24, 2.45) is 0 Å². The lowest BCUT2D eigenvalue weighted by atomic mass is 10.1. The minimum atomic E-state index is -0.318. The number of rotatable bonds is 2. The van der Waals surface area contributed by atoms with Crippen LogP contribution in [0.15, 0.2) is 24.3 Å². The van der Waals surface area contributed by atoms with Crippen LogP contribution in [-0.2, 0) is 19.3 Å². The van der Waals surface area contributed by atoms with E-state index in [-0.39, 0.29) is 11.8 Å². The molecule has 0 saturated carbocycles. The number of thiophene rings is 1. The molecule has 0 fully saturated rings. The van der Waals surface area contributed by atoms with Crippen LogP contribution in [0.2, 0.25) is 0 Å². The van der Waals surface area contributed by atoms with E-state index in [2.05, 4.69) is 10.9 Å². The second kappa shape index (κ2) is 6.88. The standard InChI is InChI=1S/C19H20N2O3S/c22-18(14-6-7-15-12(10-14)8-9-24-15)20-21-19(23)17-11-13-4-2-1-3-5-16(13)25-17/h6-7,10-11H,1-5,8-9H2,(H,20,22)(H,21,23). The lowest BCUT2D eigenvalue weighted by Gasteiger charge is -2.07. The lowest BCUT2D eigenvalue weighted by Crippen LogP contribution is -2.41. The topological polar surface area (TPSA) is 67.4 Å². The highest BCUT2D eigenvalue weighted by molar-refractivity contribution is 7.14. The molecule has 2 heterocycles. The van der Waals surface area contributed by atoms with Crippen molar-refractivity contribution < 1.29 is 14.3 Å². The molecule has 0 unspecified atom stereocenters. The zero-order valence-electron chi connectivity index (χ0n) is 13.9. The van der Waals surface area contributed by atoms with Crippen LogP contribution in [0.1, 0.15) is 55.3 Å². The summed E-state index contributed by atoms with van der Waals surface area (Å²) < 4.78 is 5.44.